The van der Waals surface area contributed by atoms with E-state index in [0.29, 0.717) is 37.1 Å². The number of aliphatic hydroxyl groups is 1. The number of aromatic nitrogens is 2. The number of esters is 1. The fraction of sp³-hybridized carbons (Fsp3) is 0.652. The van der Waals surface area contributed by atoms with Crippen LogP contribution in [0.15, 0.2) is 4.99 Å². The molecule has 1 aromatic heterocycles. The minimum Gasteiger partial charge on any atom is -0.461 e. The third-order valence-electron chi connectivity index (χ3n) is 6.70. The van der Waals surface area contributed by atoms with Crippen LogP contribution in [0.5, 0.6) is 0 Å². The number of nitrogens with two attached hydrogens (primary N) is 1. The van der Waals surface area contributed by atoms with Crippen molar-refractivity contribution in [3.63, 3.8) is 0 Å². The number of carbonyl (C=O) groups is 1. The van der Waals surface area contributed by atoms with Gasteiger partial charge < -0.3 is 20.3 Å². The molecule has 0 aromatic carbocycles. The fourth-order valence-corrected chi connectivity index (χ4v) is 4.84. The van der Waals surface area contributed by atoms with Crippen molar-refractivity contribution in [2.75, 3.05) is 12.3 Å². The summed E-state index contributed by atoms with van der Waals surface area (Å²) in [5, 5.41) is 10.7. The van der Waals surface area contributed by atoms with Gasteiger partial charge in [0.1, 0.15) is 18.4 Å². The summed E-state index contributed by atoms with van der Waals surface area (Å²) in [6, 6.07) is 0. The third kappa shape index (κ3) is 4.76. The van der Waals surface area contributed by atoms with Crippen LogP contribution in [0.3, 0.4) is 0 Å². The van der Waals surface area contributed by atoms with Gasteiger partial charge in [-0.15, -0.1) is 6.42 Å². The molecule has 4 atom stereocenters. The van der Waals surface area contributed by atoms with Crippen LogP contribution >= 0.6 is 0 Å². The Kier molecular flexibility index (Phi) is 6.72. The van der Waals surface area contributed by atoms with Gasteiger partial charge in [-0.05, 0) is 38.0 Å². The number of aliphatic imine (C=N–C) groups is 1. The Morgan fingerprint density at radius 3 is 2.88 bits per heavy atom. The number of halogens is 1. The van der Waals surface area contributed by atoms with Gasteiger partial charge in [0.25, 0.3) is 0 Å². The Bertz CT molecular complexity index is 927. The zero-order valence-corrected chi connectivity index (χ0v) is 18.0. The highest BCUT2D eigenvalue weighted by Gasteiger charge is 2.48. The van der Waals surface area contributed by atoms with E-state index in [2.05, 4.69) is 20.9 Å². The molecular formula is C23H29FN4O4. The van der Waals surface area contributed by atoms with Crippen molar-refractivity contribution >= 4 is 23.7 Å². The van der Waals surface area contributed by atoms with Crippen molar-refractivity contribution in [1.29, 1.82) is 0 Å². The monoisotopic (exact) mass is 444 g/mol. The summed E-state index contributed by atoms with van der Waals surface area (Å²) >= 11 is 0. The second kappa shape index (κ2) is 9.51. The first-order chi connectivity index (χ1) is 15.4. The quantitative estimate of drug-likeness (QED) is 0.407. The van der Waals surface area contributed by atoms with Gasteiger partial charge in [-0.2, -0.15) is 9.37 Å². The van der Waals surface area contributed by atoms with E-state index in [4.69, 9.17) is 21.6 Å². The number of nitrogens with zero attached hydrogens (tertiary/aromatic N) is 3. The van der Waals surface area contributed by atoms with Crippen molar-refractivity contribution < 1.29 is 23.8 Å². The first kappa shape index (κ1) is 22.6. The van der Waals surface area contributed by atoms with E-state index in [1.54, 1.807) is 6.21 Å². The lowest BCUT2D eigenvalue weighted by Gasteiger charge is -2.28. The molecule has 1 saturated carbocycles. The summed E-state index contributed by atoms with van der Waals surface area (Å²) < 4.78 is 25.0. The van der Waals surface area contributed by atoms with E-state index in [0.717, 1.165) is 32.1 Å². The molecule has 2 fully saturated rings. The summed E-state index contributed by atoms with van der Waals surface area (Å²) in [7, 11) is 0. The average Bonchev–Trinajstić information content (AvgIpc) is 2.95. The zero-order valence-electron chi connectivity index (χ0n) is 18.0. The topological polar surface area (TPSA) is 120 Å². The zero-order chi connectivity index (χ0) is 22.7. The highest BCUT2D eigenvalue weighted by molar-refractivity contribution is 5.73. The van der Waals surface area contributed by atoms with E-state index >= 15 is 0 Å². The molecule has 1 saturated heterocycles. The number of aliphatic hydroxyl groups excluding tert-OH is 1. The number of ether oxygens (including phenoxy) is 2. The Hall–Kier alpha value is -2.57. The SMILES string of the molecule is C#C[C@]1(COC(=O)C2CCCCC2)O[C@@H](CC2C=Nc3c(N)nc(F)nc3CC2)C[C@@H]1O. The first-order valence-electron chi connectivity index (χ1n) is 11.3. The third-order valence-corrected chi connectivity index (χ3v) is 6.70. The van der Waals surface area contributed by atoms with Crippen molar-refractivity contribution in [3.8, 4) is 12.3 Å². The second-order valence-electron chi connectivity index (χ2n) is 8.95. The highest BCUT2D eigenvalue weighted by Crippen LogP contribution is 2.36. The molecule has 9 heteroatoms. The number of aryl methyl sites for hydroxylation is 1. The van der Waals surface area contributed by atoms with E-state index in [1.165, 1.54) is 0 Å². The molecule has 3 N–H and O–H groups in total. The Labute approximate surface area is 186 Å². The van der Waals surface area contributed by atoms with Crippen LogP contribution in [-0.4, -0.2) is 51.7 Å². The maximum absolute atomic E-state index is 13.5. The van der Waals surface area contributed by atoms with Crippen LogP contribution in [-0.2, 0) is 20.7 Å². The predicted molar refractivity (Wildman–Crippen MR) is 116 cm³/mol. The maximum atomic E-state index is 13.5. The van der Waals surface area contributed by atoms with Gasteiger partial charge in [0.15, 0.2) is 11.4 Å². The molecule has 4 rings (SSSR count). The summed E-state index contributed by atoms with van der Waals surface area (Å²) in [6.07, 6.45) is 12.3. The van der Waals surface area contributed by atoms with Crippen molar-refractivity contribution in [2.24, 2.45) is 16.8 Å². The normalized spacial score (nSPS) is 30.3. The lowest BCUT2D eigenvalue weighted by molar-refractivity contribution is -0.160. The van der Waals surface area contributed by atoms with Crippen molar-refractivity contribution in [3.05, 3.63) is 11.8 Å². The highest BCUT2D eigenvalue weighted by atomic mass is 19.1. The number of fused-ring (bicyclic) bond motifs is 1. The maximum Gasteiger partial charge on any atom is 0.310 e. The van der Waals surface area contributed by atoms with Gasteiger partial charge in [0.05, 0.1) is 17.7 Å². The Morgan fingerprint density at radius 1 is 1.34 bits per heavy atom. The van der Waals surface area contributed by atoms with Gasteiger partial charge in [0, 0.05) is 12.6 Å². The number of anilines is 1. The average molecular weight is 445 g/mol. The van der Waals surface area contributed by atoms with E-state index in [9.17, 15) is 14.3 Å². The van der Waals surface area contributed by atoms with Crippen molar-refractivity contribution in [2.45, 2.75) is 75.6 Å². The van der Waals surface area contributed by atoms with Crippen molar-refractivity contribution in [1.82, 2.24) is 9.97 Å². The summed E-state index contributed by atoms with van der Waals surface area (Å²) in [6.45, 7) is -0.161. The van der Waals surface area contributed by atoms with Crippen LogP contribution in [0.25, 0.3) is 0 Å². The lowest BCUT2D eigenvalue weighted by atomic mass is 9.89. The van der Waals surface area contributed by atoms with Gasteiger partial charge >= 0.3 is 12.0 Å². The molecule has 1 aliphatic carbocycles. The van der Waals surface area contributed by atoms with Crippen LogP contribution in [0.1, 0.15) is 57.1 Å². The largest absolute Gasteiger partial charge is 0.461 e. The molecule has 172 valence electrons. The first-order valence-corrected chi connectivity index (χ1v) is 11.3. The molecule has 3 heterocycles. The summed E-state index contributed by atoms with van der Waals surface area (Å²) in [5.74, 6) is 2.19. The molecule has 0 radical (unpaired) electrons. The molecule has 32 heavy (non-hydrogen) atoms. The van der Waals surface area contributed by atoms with Gasteiger partial charge in [-0.1, -0.05) is 25.2 Å². The van der Waals surface area contributed by atoms with E-state index in [-0.39, 0.29) is 36.3 Å². The molecule has 3 aliphatic rings. The van der Waals surface area contributed by atoms with E-state index in [1.807, 2.05) is 0 Å². The minimum absolute atomic E-state index is 0.00206. The fourth-order valence-electron chi connectivity index (χ4n) is 4.84. The molecule has 0 amide bonds. The Morgan fingerprint density at radius 2 is 2.12 bits per heavy atom. The molecule has 0 bridgehead atoms. The van der Waals surface area contributed by atoms with E-state index < -0.39 is 17.8 Å². The van der Waals surface area contributed by atoms with Crippen LogP contribution in [0.4, 0.5) is 15.9 Å². The molecule has 0 spiro atoms. The van der Waals surface area contributed by atoms with Gasteiger partial charge in [-0.3, -0.25) is 9.79 Å². The van der Waals surface area contributed by atoms with Crippen LogP contribution in [0, 0.1) is 30.3 Å². The second-order valence-corrected chi connectivity index (χ2v) is 8.95. The Balaban J connectivity index is 1.36. The minimum atomic E-state index is -1.35. The molecule has 2 aliphatic heterocycles. The number of hydrogen-bond acceptors (Lipinski definition) is 8. The summed E-state index contributed by atoms with van der Waals surface area (Å²) in [4.78, 5) is 24.1. The lowest BCUT2D eigenvalue weighted by Crippen LogP contribution is -2.44. The van der Waals surface area contributed by atoms with Crippen LogP contribution < -0.4 is 5.73 Å². The molecular weight excluding hydrogens is 415 g/mol. The number of hydrogen-bond donors (Lipinski definition) is 2. The standard InChI is InChI=1S/C23H29FN4O4/c1-2-23(13-31-21(30)15-6-4-3-5-7-15)18(29)11-16(32-23)10-14-8-9-17-19(26-12-14)20(25)28-22(24)27-17/h1,12,14-16,18,29H,3-11,13H2,(H2,25,27,28)/t14?,16-,18-,23+/m0/s1. The molecule has 1 aromatic rings. The number of carbonyl (C=O) groups excluding carboxylic acids is 1. The number of nitrogen functional groups attached to an aromatic ring is 1. The van der Waals surface area contributed by atoms with Crippen LogP contribution in [0.2, 0.25) is 0 Å². The number of rotatable bonds is 5. The molecule has 8 nitrogen and oxygen atoms in total. The van der Waals surface area contributed by atoms with Gasteiger partial charge in [-0.25, -0.2) is 4.98 Å². The summed E-state index contributed by atoms with van der Waals surface area (Å²) in [5.41, 5.74) is 5.31. The van der Waals surface area contributed by atoms with Gasteiger partial charge in [0.2, 0.25) is 0 Å². The predicted octanol–water partition coefficient (Wildman–Crippen LogP) is 2.50. The number of terminal acetylenes is 1. The smallest absolute Gasteiger partial charge is 0.310 e. The molecule has 1 unspecified atom stereocenters.